The van der Waals surface area contributed by atoms with Gasteiger partial charge in [-0.25, -0.2) is 14.6 Å². The number of rotatable bonds is 4. The molecule has 3 heterocycles. The number of para-hydroxylation sites is 1. The number of carbonyl (C=O) groups excluding carboxylic acids is 1. The summed E-state index contributed by atoms with van der Waals surface area (Å²) in [4.78, 5) is 35.9. The number of anilines is 1. The van der Waals surface area contributed by atoms with Gasteiger partial charge in [-0.15, -0.1) is 0 Å². The van der Waals surface area contributed by atoms with E-state index in [2.05, 4.69) is 20.0 Å². The molecule has 0 radical (unpaired) electrons. The normalized spacial score (nSPS) is 14.0. The average Bonchev–Trinajstić information content (AvgIpc) is 3.29. The Bertz CT molecular complexity index is 1280. The molecule has 1 aliphatic heterocycles. The van der Waals surface area contributed by atoms with Crippen molar-refractivity contribution in [3.8, 4) is 5.69 Å². The first-order valence-electron chi connectivity index (χ1n) is 10.1. The summed E-state index contributed by atoms with van der Waals surface area (Å²) in [5.74, 6) is 0.656. The summed E-state index contributed by atoms with van der Waals surface area (Å²) in [6.45, 7) is 2.27. The molecule has 0 saturated carbocycles. The molecule has 0 N–H and O–H groups in total. The van der Waals surface area contributed by atoms with Crippen LogP contribution in [0.5, 0.6) is 0 Å². The van der Waals surface area contributed by atoms with Crippen LogP contribution in [0.4, 0.5) is 11.5 Å². The summed E-state index contributed by atoms with van der Waals surface area (Å²) in [5, 5.41) is 16.2. The molecule has 0 spiro atoms. The number of nitro groups is 1. The van der Waals surface area contributed by atoms with Crippen molar-refractivity contribution in [2.45, 2.75) is 0 Å². The van der Waals surface area contributed by atoms with Gasteiger partial charge in [0.15, 0.2) is 5.65 Å². The molecule has 10 heteroatoms. The lowest BCUT2D eigenvalue weighted by Crippen LogP contribution is -2.49. The lowest BCUT2D eigenvalue weighted by Gasteiger charge is -2.35. The molecular weight excluding hydrogens is 410 g/mol. The van der Waals surface area contributed by atoms with E-state index >= 15 is 0 Å². The quantitative estimate of drug-likeness (QED) is 0.362. The largest absolute Gasteiger partial charge is 0.352 e. The number of fused-ring (bicyclic) bond motifs is 1. The average molecular weight is 429 g/mol. The zero-order valence-electron chi connectivity index (χ0n) is 17.0. The summed E-state index contributed by atoms with van der Waals surface area (Å²) in [5.41, 5.74) is 2.06. The van der Waals surface area contributed by atoms with E-state index in [1.807, 2.05) is 30.3 Å². The Morgan fingerprint density at radius 3 is 2.34 bits per heavy atom. The highest BCUT2D eigenvalue weighted by Gasteiger charge is 2.25. The third-order valence-electron chi connectivity index (χ3n) is 5.54. The van der Waals surface area contributed by atoms with Crippen LogP contribution in [0.1, 0.15) is 10.4 Å². The van der Waals surface area contributed by atoms with Crippen molar-refractivity contribution < 1.29 is 9.72 Å². The van der Waals surface area contributed by atoms with Gasteiger partial charge in [-0.1, -0.05) is 18.2 Å². The van der Waals surface area contributed by atoms with Crippen LogP contribution in [0, 0.1) is 10.1 Å². The Balaban J connectivity index is 1.33. The van der Waals surface area contributed by atoms with Crippen LogP contribution in [-0.4, -0.2) is 61.7 Å². The first-order chi connectivity index (χ1) is 15.6. The number of hydrogen-bond donors (Lipinski definition) is 0. The van der Waals surface area contributed by atoms with E-state index in [0.29, 0.717) is 31.7 Å². The van der Waals surface area contributed by atoms with Crippen LogP contribution in [0.2, 0.25) is 0 Å². The minimum absolute atomic E-state index is 0.0322. The van der Waals surface area contributed by atoms with Gasteiger partial charge in [0.2, 0.25) is 0 Å². The molecule has 0 bridgehead atoms. The Labute approximate surface area is 182 Å². The number of amides is 1. The van der Waals surface area contributed by atoms with Gasteiger partial charge < -0.3 is 9.80 Å². The van der Waals surface area contributed by atoms with Gasteiger partial charge >= 0.3 is 0 Å². The first-order valence-corrected chi connectivity index (χ1v) is 10.1. The molecule has 2 aromatic carbocycles. The molecular formula is C22H19N7O3. The van der Waals surface area contributed by atoms with Crippen LogP contribution in [0.25, 0.3) is 16.7 Å². The number of benzene rings is 2. The minimum Gasteiger partial charge on any atom is -0.352 e. The van der Waals surface area contributed by atoms with Crippen LogP contribution in [0.3, 0.4) is 0 Å². The van der Waals surface area contributed by atoms with Crippen LogP contribution in [-0.2, 0) is 0 Å². The second-order valence-corrected chi connectivity index (χ2v) is 7.41. The maximum absolute atomic E-state index is 12.8. The highest BCUT2D eigenvalue weighted by atomic mass is 16.6. The smallest absolute Gasteiger partial charge is 0.269 e. The summed E-state index contributed by atoms with van der Waals surface area (Å²) < 4.78 is 1.79. The van der Waals surface area contributed by atoms with Crippen molar-refractivity contribution in [2.75, 3.05) is 31.1 Å². The van der Waals surface area contributed by atoms with Gasteiger partial charge in [-0.3, -0.25) is 14.9 Å². The predicted molar refractivity (Wildman–Crippen MR) is 118 cm³/mol. The molecule has 0 atom stereocenters. The molecule has 4 aromatic rings. The third kappa shape index (κ3) is 3.51. The standard InChI is InChI=1S/C22H19N7O3/c30-22(16-6-8-18(9-7-16)29(31)32)27-12-10-26(11-13-27)20-19-14-25-28(21(19)24-15-23-20)17-4-2-1-3-5-17/h1-9,14-15H,10-13H2. The predicted octanol–water partition coefficient (Wildman–Crippen LogP) is 2.69. The lowest BCUT2D eigenvalue weighted by molar-refractivity contribution is -0.384. The number of aromatic nitrogens is 4. The number of nitro benzene ring substituents is 1. The van der Waals surface area contributed by atoms with Gasteiger partial charge in [-0.05, 0) is 24.3 Å². The summed E-state index contributed by atoms with van der Waals surface area (Å²) >= 11 is 0. The summed E-state index contributed by atoms with van der Waals surface area (Å²) in [7, 11) is 0. The van der Waals surface area contributed by atoms with E-state index in [4.69, 9.17) is 0 Å². The van der Waals surface area contributed by atoms with Crippen molar-refractivity contribution in [1.29, 1.82) is 0 Å². The van der Waals surface area contributed by atoms with Gasteiger partial charge in [0.25, 0.3) is 11.6 Å². The SMILES string of the molecule is O=C(c1ccc([N+](=O)[O-])cc1)N1CCN(c2ncnc3c2cnn3-c2ccccc2)CC1. The van der Waals surface area contributed by atoms with Gasteiger partial charge in [0, 0.05) is 43.9 Å². The van der Waals surface area contributed by atoms with Crippen LogP contribution < -0.4 is 4.90 Å². The zero-order valence-corrected chi connectivity index (χ0v) is 17.0. The first kappa shape index (κ1) is 19.6. The monoisotopic (exact) mass is 429 g/mol. The second kappa shape index (κ2) is 8.06. The third-order valence-corrected chi connectivity index (χ3v) is 5.54. The second-order valence-electron chi connectivity index (χ2n) is 7.41. The number of piperazine rings is 1. The van der Waals surface area contributed by atoms with Crippen molar-refractivity contribution in [1.82, 2.24) is 24.6 Å². The number of carbonyl (C=O) groups is 1. The van der Waals surface area contributed by atoms with Gasteiger partial charge in [0.1, 0.15) is 12.1 Å². The maximum atomic E-state index is 12.8. The highest BCUT2D eigenvalue weighted by molar-refractivity contribution is 5.94. The van der Waals surface area contributed by atoms with Crippen molar-refractivity contribution in [3.63, 3.8) is 0 Å². The molecule has 10 nitrogen and oxygen atoms in total. The molecule has 1 fully saturated rings. The molecule has 5 rings (SSSR count). The Kier molecular flexibility index (Phi) is 4.94. The van der Waals surface area contributed by atoms with Gasteiger partial charge in [-0.2, -0.15) is 5.10 Å². The molecule has 160 valence electrons. The fourth-order valence-electron chi connectivity index (χ4n) is 3.87. The van der Waals surface area contributed by atoms with E-state index in [9.17, 15) is 14.9 Å². The van der Waals surface area contributed by atoms with E-state index in [0.717, 1.165) is 22.5 Å². The fraction of sp³-hybridized carbons (Fsp3) is 0.182. The molecule has 1 aliphatic rings. The number of hydrogen-bond acceptors (Lipinski definition) is 7. The topological polar surface area (TPSA) is 110 Å². The van der Waals surface area contributed by atoms with Crippen molar-refractivity contribution >= 4 is 28.4 Å². The Morgan fingerprint density at radius 2 is 1.66 bits per heavy atom. The van der Waals surface area contributed by atoms with E-state index in [-0.39, 0.29) is 11.6 Å². The highest BCUT2D eigenvalue weighted by Crippen LogP contribution is 2.26. The molecule has 32 heavy (non-hydrogen) atoms. The molecule has 0 unspecified atom stereocenters. The van der Waals surface area contributed by atoms with Crippen molar-refractivity contribution in [2.24, 2.45) is 0 Å². The lowest BCUT2D eigenvalue weighted by atomic mass is 10.1. The van der Waals surface area contributed by atoms with Gasteiger partial charge in [0.05, 0.1) is 22.2 Å². The van der Waals surface area contributed by atoms with Crippen LogP contribution >= 0.6 is 0 Å². The molecule has 2 aromatic heterocycles. The Hall–Kier alpha value is -4.34. The van der Waals surface area contributed by atoms with Crippen LogP contribution in [0.15, 0.2) is 67.1 Å². The molecule has 1 amide bonds. The molecule has 0 aliphatic carbocycles. The summed E-state index contributed by atoms with van der Waals surface area (Å²) in [6.07, 6.45) is 3.30. The van der Waals surface area contributed by atoms with E-state index < -0.39 is 4.92 Å². The number of nitrogens with zero attached hydrogens (tertiary/aromatic N) is 7. The maximum Gasteiger partial charge on any atom is 0.269 e. The van der Waals surface area contributed by atoms with E-state index in [1.165, 1.54) is 30.6 Å². The minimum atomic E-state index is -0.477. The van der Waals surface area contributed by atoms with E-state index in [1.54, 1.807) is 15.8 Å². The van der Waals surface area contributed by atoms with Crippen molar-refractivity contribution in [3.05, 3.63) is 82.8 Å². The zero-order chi connectivity index (χ0) is 22.1. The fourth-order valence-corrected chi connectivity index (χ4v) is 3.87. The molecule has 1 saturated heterocycles. The Morgan fingerprint density at radius 1 is 0.938 bits per heavy atom. The number of non-ortho nitro benzene ring substituents is 1. The summed E-state index contributed by atoms with van der Waals surface area (Å²) in [6, 6.07) is 15.5.